The second kappa shape index (κ2) is 9.40. The predicted molar refractivity (Wildman–Crippen MR) is 88.2 cm³/mol. The molecule has 5 nitrogen and oxygen atoms in total. The van der Waals surface area contributed by atoms with Gasteiger partial charge >= 0.3 is 12.1 Å². The highest BCUT2D eigenvalue weighted by molar-refractivity contribution is 8.02. The zero-order chi connectivity index (χ0) is 19.9. The fraction of sp³-hybridized carbons (Fsp3) is 0.250. The first-order valence-electron chi connectivity index (χ1n) is 7.31. The van der Waals surface area contributed by atoms with Crippen LogP contribution in [0.25, 0.3) is 0 Å². The van der Waals surface area contributed by atoms with E-state index in [1.165, 1.54) is 18.3 Å². The molecule has 0 saturated carbocycles. The summed E-state index contributed by atoms with van der Waals surface area (Å²) < 4.78 is 75.4. The molecule has 27 heavy (non-hydrogen) atoms. The fourth-order valence-corrected chi connectivity index (χ4v) is 2.09. The largest absolute Gasteiger partial charge is 0.473 e. The maximum atomic E-state index is 12.2. The van der Waals surface area contributed by atoms with E-state index < -0.39 is 12.1 Å². The molecule has 0 aliphatic heterocycles. The molecule has 0 unspecified atom stereocenters. The van der Waals surface area contributed by atoms with Gasteiger partial charge in [0, 0.05) is 24.4 Å². The summed E-state index contributed by atoms with van der Waals surface area (Å²) in [6, 6.07) is 5.71. The molecule has 11 heteroatoms. The first-order valence-corrected chi connectivity index (χ1v) is 8.19. The number of thioether (sulfide) groups is 1. The second-order valence-corrected chi connectivity index (χ2v) is 5.85. The number of hydrogen-bond acceptors (Lipinski definition) is 6. The van der Waals surface area contributed by atoms with E-state index in [9.17, 15) is 22.0 Å². The van der Waals surface area contributed by atoms with Crippen LogP contribution in [0, 0.1) is 6.92 Å². The van der Waals surface area contributed by atoms with E-state index in [0.29, 0.717) is 5.56 Å². The quantitative estimate of drug-likeness (QED) is 0.551. The lowest BCUT2D eigenvalue weighted by Crippen LogP contribution is -2.03. The Balaban J connectivity index is 2.00. The third-order valence-electron chi connectivity index (χ3n) is 2.69. The molecule has 0 fully saturated rings. The maximum absolute atomic E-state index is 12.2. The van der Waals surface area contributed by atoms with E-state index in [2.05, 4.69) is 14.7 Å². The van der Waals surface area contributed by atoms with Crippen molar-refractivity contribution in [2.24, 2.45) is 0 Å². The maximum Gasteiger partial charge on any atom is 0.445 e. The van der Waals surface area contributed by atoms with Gasteiger partial charge in [-0.2, -0.15) is 26.9 Å². The van der Waals surface area contributed by atoms with Gasteiger partial charge in [0.25, 0.3) is 0 Å². The molecule has 0 bridgehead atoms. The van der Waals surface area contributed by atoms with Crippen LogP contribution in [0.2, 0.25) is 0 Å². The minimum absolute atomic E-state index is 0.104. The molecule has 0 aromatic carbocycles. The minimum atomic E-state index is -4.35. The number of nitrogens with zero attached hydrogens (tertiary/aromatic N) is 2. The summed E-state index contributed by atoms with van der Waals surface area (Å²) in [5, 5.41) is 0.870. The highest BCUT2D eigenvalue weighted by atomic mass is 32.2. The molecule has 0 saturated heterocycles. The van der Waals surface area contributed by atoms with Gasteiger partial charge in [0.15, 0.2) is 0 Å². The summed E-state index contributed by atoms with van der Waals surface area (Å²) in [5.74, 6) is 0.0720. The summed E-state index contributed by atoms with van der Waals surface area (Å²) in [6.07, 6.45) is 2.42. The average molecular weight is 408 g/mol. The SMILES string of the molecule is Cc1cc(OCC=CSC(F)(F)F)nc(Oc2ccnc(OC(F)F)c2)c1. The molecule has 0 spiro atoms. The van der Waals surface area contributed by atoms with Gasteiger partial charge in [0.05, 0.1) is 0 Å². The van der Waals surface area contributed by atoms with Crippen LogP contribution in [0.4, 0.5) is 22.0 Å². The van der Waals surface area contributed by atoms with Gasteiger partial charge in [-0.05, 0) is 41.8 Å². The lowest BCUT2D eigenvalue weighted by molar-refractivity contribution is -0.0529. The molecule has 0 atom stereocenters. The molecule has 2 aromatic rings. The number of pyridine rings is 2. The summed E-state index contributed by atoms with van der Waals surface area (Å²) in [4.78, 5) is 7.66. The molecule has 146 valence electrons. The van der Waals surface area contributed by atoms with E-state index in [1.54, 1.807) is 19.1 Å². The lowest BCUT2D eigenvalue weighted by atomic mass is 10.3. The van der Waals surface area contributed by atoms with Crippen molar-refractivity contribution in [1.29, 1.82) is 0 Å². The Bertz CT molecular complexity index is 787. The van der Waals surface area contributed by atoms with Crippen LogP contribution in [-0.4, -0.2) is 28.7 Å². The molecular weight excluding hydrogens is 395 g/mol. The molecular formula is C16H13F5N2O3S. The molecule has 2 heterocycles. The molecule has 0 radical (unpaired) electrons. The molecule has 0 aliphatic carbocycles. The minimum Gasteiger partial charge on any atom is -0.473 e. The van der Waals surface area contributed by atoms with Gasteiger partial charge in [-0.3, -0.25) is 0 Å². The van der Waals surface area contributed by atoms with Crippen molar-refractivity contribution in [2.45, 2.75) is 19.0 Å². The first-order chi connectivity index (χ1) is 12.7. The van der Waals surface area contributed by atoms with Crippen LogP contribution in [0.15, 0.2) is 41.9 Å². The van der Waals surface area contributed by atoms with Crippen molar-refractivity contribution in [3.05, 3.63) is 47.5 Å². The van der Waals surface area contributed by atoms with Gasteiger partial charge in [0.1, 0.15) is 12.4 Å². The fourth-order valence-electron chi connectivity index (χ4n) is 1.76. The zero-order valence-corrected chi connectivity index (χ0v) is 14.6. The number of rotatable bonds is 8. The lowest BCUT2D eigenvalue weighted by Gasteiger charge is -2.09. The molecule has 0 aliphatic rings. The Morgan fingerprint density at radius 2 is 1.89 bits per heavy atom. The molecule has 0 amide bonds. The Kier molecular flexibility index (Phi) is 7.22. The van der Waals surface area contributed by atoms with Crippen LogP contribution >= 0.6 is 11.8 Å². The van der Waals surface area contributed by atoms with Crippen LogP contribution in [-0.2, 0) is 0 Å². The summed E-state index contributed by atoms with van der Waals surface area (Å²) >= 11 is -0.295. The smallest absolute Gasteiger partial charge is 0.445 e. The van der Waals surface area contributed by atoms with E-state index in [1.807, 2.05) is 0 Å². The topological polar surface area (TPSA) is 53.5 Å². The van der Waals surface area contributed by atoms with Crippen molar-refractivity contribution in [3.63, 3.8) is 0 Å². The number of aryl methyl sites for hydroxylation is 1. The van der Waals surface area contributed by atoms with Gasteiger partial charge in [-0.25, -0.2) is 4.98 Å². The van der Waals surface area contributed by atoms with Gasteiger partial charge < -0.3 is 14.2 Å². The standard InChI is InChI=1S/C16H13F5N2O3S/c1-10-7-13(24-5-2-6-27-16(19,20)21)23-14(8-10)25-11-3-4-22-12(9-11)26-15(17)18/h2-4,6-9,15H,5H2,1H3. The number of halogens is 5. The Hall–Kier alpha value is -2.56. The van der Waals surface area contributed by atoms with Crippen LogP contribution in [0.5, 0.6) is 23.4 Å². The summed E-state index contributed by atoms with van der Waals surface area (Å²) in [6.45, 7) is -1.41. The number of hydrogen-bond donors (Lipinski definition) is 0. The number of aromatic nitrogens is 2. The van der Waals surface area contributed by atoms with Crippen molar-refractivity contribution in [3.8, 4) is 23.4 Å². The third-order valence-corrected chi connectivity index (χ3v) is 3.28. The van der Waals surface area contributed by atoms with E-state index in [-0.39, 0.29) is 41.8 Å². The number of alkyl halides is 5. The Morgan fingerprint density at radius 1 is 1.15 bits per heavy atom. The van der Waals surface area contributed by atoms with Crippen molar-refractivity contribution < 1.29 is 36.2 Å². The molecule has 2 aromatic heterocycles. The normalized spacial score (nSPS) is 11.8. The Morgan fingerprint density at radius 3 is 2.59 bits per heavy atom. The number of ether oxygens (including phenoxy) is 3. The van der Waals surface area contributed by atoms with E-state index >= 15 is 0 Å². The van der Waals surface area contributed by atoms with Crippen molar-refractivity contribution in [2.75, 3.05) is 6.61 Å². The molecule has 2 rings (SSSR count). The van der Waals surface area contributed by atoms with Crippen LogP contribution < -0.4 is 14.2 Å². The highest BCUT2D eigenvalue weighted by Gasteiger charge is 2.26. The van der Waals surface area contributed by atoms with Crippen molar-refractivity contribution >= 4 is 11.8 Å². The highest BCUT2D eigenvalue weighted by Crippen LogP contribution is 2.31. The van der Waals surface area contributed by atoms with Gasteiger partial charge in [-0.1, -0.05) is 0 Å². The van der Waals surface area contributed by atoms with Crippen molar-refractivity contribution in [1.82, 2.24) is 9.97 Å². The monoisotopic (exact) mass is 408 g/mol. The van der Waals surface area contributed by atoms with Crippen LogP contribution in [0.1, 0.15) is 5.56 Å². The zero-order valence-electron chi connectivity index (χ0n) is 13.7. The second-order valence-electron chi connectivity index (χ2n) is 4.88. The first kappa shape index (κ1) is 20.7. The summed E-state index contributed by atoms with van der Waals surface area (Å²) in [7, 11) is 0. The van der Waals surface area contributed by atoms with E-state index in [0.717, 1.165) is 11.5 Å². The Labute approximate surface area is 155 Å². The average Bonchev–Trinajstić information content (AvgIpc) is 2.52. The third kappa shape index (κ3) is 8.11. The molecule has 0 N–H and O–H groups in total. The van der Waals surface area contributed by atoms with Crippen LogP contribution in [0.3, 0.4) is 0 Å². The summed E-state index contributed by atoms with van der Waals surface area (Å²) in [5.41, 5.74) is -3.64. The van der Waals surface area contributed by atoms with E-state index in [4.69, 9.17) is 9.47 Å². The van der Waals surface area contributed by atoms with Gasteiger partial charge in [0.2, 0.25) is 17.6 Å². The predicted octanol–water partition coefficient (Wildman–Crippen LogP) is 5.32. The van der Waals surface area contributed by atoms with Gasteiger partial charge in [-0.15, -0.1) is 0 Å².